The monoisotopic (exact) mass is 434 g/mol. The van der Waals surface area contributed by atoms with E-state index in [1.807, 2.05) is 19.2 Å². The van der Waals surface area contributed by atoms with Crippen molar-refractivity contribution in [3.63, 3.8) is 0 Å². The van der Waals surface area contributed by atoms with E-state index in [1.165, 1.54) is 12.8 Å². The summed E-state index contributed by atoms with van der Waals surface area (Å²) in [4.78, 5) is 9.21. The summed E-state index contributed by atoms with van der Waals surface area (Å²) in [6, 6.07) is 3.88. The van der Waals surface area contributed by atoms with Crippen LogP contribution < -0.4 is 5.32 Å². The lowest BCUT2D eigenvalue weighted by molar-refractivity contribution is 0.0599. The van der Waals surface area contributed by atoms with Crippen molar-refractivity contribution in [2.24, 2.45) is 4.99 Å². The number of furan rings is 1. The lowest BCUT2D eigenvalue weighted by atomic mass is 10.2. The molecule has 23 heavy (non-hydrogen) atoms. The van der Waals surface area contributed by atoms with E-state index in [4.69, 9.17) is 9.15 Å². The van der Waals surface area contributed by atoms with Gasteiger partial charge in [0.2, 0.25) is 0 Å². The Morgan fingerprint density at radius 3 is 2.78 bits per heavy atom. The second-order valence-electron chi connectivity index (χ2n) is 5.90. The number of guanidine groups is 1. The summed E-state index contributed by atoms with van der Waals surface area (Å²) >= 11 is 0. The molecule has 1 unspecified atom stereocenters. The van der Waals surface area contributed by atoms with Crippen LogP contribution in [0.1, 0.15) is 18.6 Å². The van der Waals surface area contributed by atoms with Crippen molar-refractivity contribution in [2.45, 2.75) is 25.5 Å². The minimum absolute atomic E-state index is 0. The summed E-state index contributed by atoms with van der Waals surface area (Å²) in [7, 11) is 1.84. The van der Waals surface area contributed by atoms with Crippen LogP contribution in [0, 0.1) is 0 Å². The quantitative estimate of drug-likeness (QED) is 0.445. The molecule has 1 N–H and O–H groups in total. The first kappa shape index (κ1) is 18.5. The molecule has 1 aromatic rings. The van der Waals surface area contributed by atoms with Crippen LogP contribution in [0.4, 0.5) is 0 Å². The van der Waals surface area contributed by atoms with E-state index in [2.05, 4.69) is 20.1 Å². The van der Waals surface area contributed by atoms with Crippen molar-refractivity contribution in [1.29, 1.82) is 0 Å². The molecule has 0 saturated carbocycles. The molecule has 0 bridgehead atoms. The molecule has 0 amide bonds. The number of nitrogens with zero attached hydrogens (tertiary/aromatic N) is 3. The van der Waals surface area contributed by atoms with E-state index in [0.717, 1.165) is 51.1 Å². The summed E-state index contributed by atoms with van der Waals surface area (Å²) in [5.74, 6) is 1.88. The van der Waals surface area contributed by atoms with E-state index < -0.39 is 0 Å². The number of hydrogen-bond acceptors (Lipinski definition) is 4. The predicted octanol–water partition coefficient (Wildman–Crippen LogP) is 1.77. The standard InChI is InChI=1S/C16H26N4O2.HI/c1-17-16(18-12-14-4-2-10-21-14)20-8-6-19(7-9-20)13-15-5-3-11-22-15;/h2,4,10,15H,3,5-9,11-13H2,1H3,(H,17,18);1H. The third-order valence-electron chi connectivity index (χ3n) is 4.37. The van der Waals surface area contributed by atoms with Crippen molar-refractivity contribution in [3.05, 3.63) is 24.2 Å². The highest BCUT2D eigenvalue weighted by Gasteiger charge is 2.24. The van der Waals surface area contributed by atoms with Gasteiger partial charge in [0.15, 0.2) is 5.96 Å². The number of aliphatic imine (C=N–C) groups is 1. The van der Waals surface area contributed by atoms with Gasteiger partial charge in [-0.3, -0.25) is 9.89 Å². The number of hydrogen-bond donors (Lipinski definition) is 1. The van der Waals surface area contributed by atoms with Gasteiger partial charge >= 0.3 is 0 Å². The van der Waals surface area contributed by atoms with Gasteiger partial charge in [-0.25, -0.2) is 0 Å². The van der Waals surface area contributed by atoms with E-state index in [9.17, 15) is 0 Å². The molecule has 2 aliphatic rings. The Hall–Kier alpha value is -0.800. The van der Waals surface area contributed by atoms with Crippen LogP contribution in [0.15, 0.2) is 27.8 Å². The molecular weight excluding hydrogens is 407 g/mol. The van der Waals surface area contributed by atoms with E-state index in [-0.39, 0.29) is 24.0 Å². The van der Waals surface area contributed by atoms with Gasteiger partial charge in [0.1, 0.15) is 5.76 Å². The van der Waals surface area contributed by atoms with E-state index in [1.54, 1.807) is 6.26 Å². The van der Waals surface area contributed by atoms with Crippen molar-refractivity contribution < 1.29 is 9.15 Å². The fourth-order valence-corrected chi connectivity index (χ4v) is 3.13. The van der Waals surface area contributed by atoms with Crippen molar-refractivity contribution in [2.75, 3.05) is 46.4 Å². The lowest BCUT2D eigenvalue weighted by Crippen LogP contribution is -2.53. The fraction of sp³-hybridized carbons (Fsp3) is 0.688. The predicted molar refractivity (Wildman–Crippen MR) is 101 cm³/mol. The minimum atomic E-state index is 0. The van der Waals surface area contributed by atoms with Crippen LogP contribution in [-0.2, 0) is 11.3 Å². The molecule has 2 saturated heterocycles. The first-order valence-corrected chi connectivity index (χ1v) is 8.17. The molecule has 2 fully saturated rings. The number of nitrogens with one attached hydrogen (secondary N) is 1. The number of piperazine rings is 1. The van der Waals surface area contributed by atoms with Gasteiger partial charge in [-0.1, -0.05) is 0 Å². The number of ether oxygens (including phenoxy) is 1. The summed E-state index contributed by atoms with van der Waals surface area (Å²) in [6.07, 6.45) is 4.58. The maximum absolute atomic E-state index is 5.73. The normalized spacial score (nSPS) is 22.9. The smallest absolute Gasteiger partial charge is 0.194 e. The molecule has 1 atom stereocenters. The minimum Gasteiger partial charge on any atom is -0.467 e. The molecule has 3 heterocycles. The molecule has 130 valence electrons. The Bertz CT molecular complexity index is 466. The summed E-state index contributed by atoms with van der Waals surface area (Å²) in [5, 5.41) is 3.37. The maximum atomic E-state index is 5.73. The average Bonchev–Trinajstić information content (AvgIpc) is 3.23. The molecule has 3 rings (SSSR count). The van der Waals surface area contributed by atoms with Crippen LogP contribution in [0.25, 0.3) is 0 Å². The SMILES string of the molecule is CN=C(NCc1ccco1)N1CCN(CC2CCCO2)CC1.I. The van der Waals surface area contributed by atoms with E-state index in [0.29, 0.717) is 12.6 Å². The van der Waals surface area contributed by atoms with Gasteiger partial charge < -0.3 is 19.4 Å². The van der Waals surface area contributed by atoms with Gasteiger partial charge in [-0.05, 0) is 25.0 Å². The highest BCUT2D eigenvalue weighted by atomic mass is 127. The van der Waals surface area contributed by atoms with Crippen LogP contribution in [0.2, 0.25) is 0 Å². The van der Waals surface area contributed by atoms with Crippen LogP contribution in [0.3, 0.4) is 0 Å². The van der Waals surface area contributed by atoms with Gasteiger partial charge in [0.25, 0.3) is 0 Å². The molecule has 0 spiro atoms. The second-order valence-corrected chi connectivity index (χ2v) is 5.90. The first-order chi connectivity index (χ1) is 10.8. The molecular formula is C16H27IN4O2. The molecule has 1 aromatic heterocycles. The zero-order chi connectivity index (χ0) is 15.2. The lowest BCUT2D eigenvalue weighted by Gasteiger charge is -2.37. The summed E-state index contributed by atoms with van der Waals surface area (Å²) < 4.78 is 11.1. The van der Waals surface area contributed by atoms with Crippen LogP contribution in [0.5, 0.6) is 0 Å². The van der Waals surface area contributed by atoms with E-state index >= 15 is 0 Å². The molecule has 0 aliphatic carbocycles. The molecule has 7 heteroatoms. The van der Waals surface area contributed by atoms with Gasteiger partial charge in [0.05, 0.1) is 18.9 Å². The average molecular weight is 434 g/mol. The number of halogens is 1. The molecule has 6 nitrogen and oxygen atoms in total. The van der Waals surface area contributed by atoms with Crippen molar-refractivity contribution in [3.8, 4) is 0 Å². The summed E-state index contributed by atoms with van der Waals surface area (Å²) in [6.45, 7) is 6.84. The van der Waals surface area contributed by atoms with Crippen LogP contribution >= 0.6 is 24.0 Å². The second kappa shape index (κ2) is 9.48. The maximum Gasteiger partial charge on any atom is 0.194 e. The fourth-order valence-electron chi connectivity index (χ4n) is 3.13. The van der Waals surface area contributed by atoms with Gasteiger partial charge in [-0.15, -0.1) is 24.0 Å². The Morgan fingerprint density at radius 1 is 1.35 bits per heavy atom. The van der Waals surface area contributed by atoms with Crippen LogP contribution in [-0.4, -0.2) is 68.2 Å². The van der Waals surface area contributed by atoms with Crippen molar-refractivity contribution in [1.82, 2.24) is 15.1 Å². The molecule has 0 radical (unpaired) electrons. The zero-order valence-corrected chi connectivity index (χ0v) is 16.1. The highest BCUT2D eigenvalue weighted by molar-refractivity contribution is 14.0. The Balaban J connectivity index is 0.00000192. The Kier molecular flexibility index (Phi) is 7.64. The first-order valence-electron chi connectivity index (χ1n) is 8.17. The summed E-state index contributed by atoms with van der Waals surface area (Å²) in [5.41, 5.74) is 0. The molecule has 2 aliphatic heterocycles. The van der Waals surface area contributed by atoms with Gasteiger partial charge in [-0.2, -0.15) is 0 Å². The number of rotatable bonds is 4. The zero-order valence-electron chi connectivity index (χ0n) is 13.7. The third kappa shape index (κ3) is 5.36. The third-order valence-corrected chi connectivity index (χ3v) is 4.37. The topological polar surface area (TPSA) is 53.2 Å². The molecule has 0 aromatic carbocycles. The van der Waals surface area contributed by atoms with Crippen molar-refractivity contribution >= 4 is 29.9 Å². The highest BCUT2D eigenvalue weighted by Crippen LogP contribution is 2.14. The Labute approximate surface area is 155 Å². The van der Waals surface area contributed by atoms with Gasteiger partial charge in [0, 0.05) is 46.4 Å². The Morgan fingerprint density at radius 2 is 2.17 bits per heavy atom. The largest absolute Gasteiger partial charge is 0.467 e.